The van der Waals surface area contributed by atoms with Crippen molar-refractivity contribution in [3.05, 3.63) is 83.4 Å². The highest BCUT2D eigenvalue weighted by Crippen LogP contribution is 2.22. The quantitative estimate of drug-likeness (QED) is 0.534. The number of anilines is 3. The summed E-state index contributed by atoms with van der Waals surface area (Å²) in [7, 11) is -3.73. The Hall–Kier alpha value is -3.65. The van der Waals surface area contributed by atoms with Gasteiger partial charge in [-0.1, -0.05) is 17.7 Å². The highest BCUT2D eigenvalue weighted by atomic mass is 32.2. The van der Waals surface area contributed by atoms with Gasteiger partial charge in [0, 0.05) is 23.9 Å². The van der Waals surface area contributed by atoms with Gasteiger partial charge in [0.2, 0.25) is 5.91 Å². The molecule has 0 radical (unpaired) electrons. The van der Waals surface area contributed by atoms with Gasteiger partial charge in [-0.25, -0.2) is 8.42 Å². The van der Waals surface area contributed by atoms with Crippen LogP contribution in [0.15, 0.2) is 71.6 Å². The van der Waals surface area contributed by atoms with E-state index in [-0.39, 0.29) is 16.7 Å². The lowest BCUT2D eigenvalue weighted by Crippen LogP contribution is -2.15. The average Bonchev–Trinajstić information content (AvgIpc) is 2.71. The molecule has 0 fully saturated rings. The Balaban J connectivity index is 1.71. The van der Waals surface area contributed by atoms with E-state index in [1.807, 2.05) is 6.92 Å². The summed E-state index contributed by atoms with van der Waals surface area (Å²) in [5.74, 6) is -0.506. The molecule has 0 saturated heterocycles. The summed E-state index contributed by atoms with van der Waals surface area (Å²) >= 11 is 0. The van der Waals surface area contributed by atoms with Crippen LogP contribution in [0.2, 0.25) is 0 Å². The molecule has 7 nitrogen and oxygen atoms in total. The predicted octanol–water partition coefficient (Wildman–Crippen LogP) is 4.31. The van der Waals surface area contributed by atoms with E-state index in [0.717, 1.165) is 5.56 Å². The summed E-state index contributed by atoms with van der Waals surface area (Å²) in [4.78, 5) is 23.8. The van der Waals surface area contributed by atoms with E-state index in [1.54, 1.807) is 73.7 Å². The van der Waals surface area contributed by atoms with Gasteiger partial charge in [-0.15, -0.1) is 0 Å². The molecule has 0 spiro atoms. The number of aryl methyl sites for hydroxylation is 2. The van der Waals surface area contributed by atoms with E-state index in [1.165, 1.54) is 6.92 Å². The van der Waals surface area contributed by atoms with Gasteiger partial charge in [0.25, 0.3) is 15.9 Å². The Morgan fingerprint density at radius 2 is 1.35 bits per heavy atom. The Morgan fingerprint density at radius 3 is 1.90 bits per heavy atom. The van der Waals surface area contributed by atoms with Crippen molar-refractivity contribution in [2.45, 2.75) is 25.7 Å². The minimum absolute atomic E-state index is 0.169. The molecule has 0 unspecified atom stereocenters. The topological polar surface area (TPSA) is 104 Å². The van der Waals surface area contributed by atoms with Crippen molar-refractivity contribution < 1.29 is 18.0 Å². The van der Waals surface area contributed by atoms with E-state index >= 15 is 0 Å². The molecule has 0 aliphatic heterocycles. The van der Waals surface area contributed by atoms with Crippen molar-refractivity contribution in [1.29, 1.82) is 0 Å². The molecular formula is C23H23N3O4S. The number of nitrogens with one attached hydrogen (secondary N) is 3. The fraction of sp³-hybridized carbons (Fsp3) is 0.130. The number of amides is 2. The number of carbonyl (C=O) groups is 2. The first-order valence-corrected chi connectivity index (χ1v) is 11.0. The van der Waals surface area contributed by atoms with E-state index in [4.69, 9.17) is 0 Å². The highest BCUT2D eigenvalue weighted by Gasteiger charge is 2.16. The van der Waals surface area contributed by atoms with Crippen LogP contribution in [0.25, 0.3) is 0 Å². The van der Waals surface area contributed by atoms with Gasteiger partial charge in [0.05, 0.1) is 10.6 Å². The first kappa shape index (κ1) is 22.0. The van der Waals surface area contributed by atoms with Gasteiger partial charge in [-0.05, 0) is 74.0 Å². The maximum Gasteiger partial charge on any atom is 0.261 e. The van der Waals surface area contributed by atoms with E-state index in [0.29, 0.717) is 28.2 Å². The van der Waals surface area contributed by atoms with Crippen molar-refractivity contribution in [3.63, 3.8) is 0 Å². The van der Waals surface area contributed by atoms with Crippen molar-refractivity contribution in [2.24, 2.45) is 0 Å². The number of hydrogen-bond donors (Lipinski definition) is 3. The van der Waals surface area contributed by atoms with E-state index in [2.05, 4.69) is 15.4 Å². The smallest absolute Gasteiger partial charge is 0.261 e. The number of benzene rings is 3. The van der Waals surface area contributed by atoms with Crippen LogP contribution >= 0.6 is 0 Å². The van der Waals surface area contributed by atoms with Crippen LogP contribution in [0.3, 0.4) is 0 Å². The summed E-state index contributed by atoms with van der Waals surface area (Å²) in [5, 5.41) is 5.43. The van der Waals surface area contributed by atoms with Gasteiger partial charge in [-0.2, -0.15) is 0 Å². The van der Waals surface area contributed by atoms with Gasteiger partial charge in [0.1, 0.15) is 0 Å². The molecule has 2 amide bonds. The maximum atomic E-state index is 12.6. The van der Waals surface area contributed by atoms with Crippen LogP contribution in [-0.2, 0) is 14.8 Å². The lowest BCUT2D eigenvalue weighted by Gasteiger charge is -2.12. The fourth-order valence-corrected chi connectivity index (χ4v) is 4.01. The minimum atomic E-state index is -3.73. The first-order chi connectivity index (χ1) is 14.6. The van der Waals surface area contributed by atoms with Gasteiger partial charge >= 0.3 is 0 Å². The molecule has 0 aromatic heterocycles. The zero-order valence-electron chi connectivity index (χ0n) is 17.4. The summed E-state index contributed by atoms with van der Waals surface area (Å²) in [5.41, 5.74) is 3.57. The zero-order valence-corrected chi connectivity index (χ0v) is 18.2. The van der Waals surface area contributed by atoms with Gasteiger partial charge < -0.3 is 10.6 Å². The molecule has 3 rings (SSSR count). The summed E-state index contributed by atoms with van der Waals surface area (Å²) in [6.45, 7) is 5.03. The van der Waals surface area contributed by atoms with Crippen molar-refractivity contribution >= 4 is 38.9 Å². The Kier molecular flexibility index (Phi) is 6.41. The first-order valence-electron chi connectivity index (χ1n) is 9.53. The molecular weight excluding hydrogens is 414 g/mol. The van der Waals surface area contributed by atoms with Crippen molar-refractivity contribution in [2.75, 3.05) is 15.4 Å². The highest BCUT2D eigenvalue weighted by molar-refractivity contribution is 7.92. The Morgan fingerprint density at radius 1 is 0.774 bits per heavy atom. The molecule has 3 aromatic rings. The molecule has 0 saturated carbocycles. The van der Waals surface area contributed by atoms with Crippen LogP contribution in [0, 0.1) is 13.8 Å². The molecule has 0 heterocycles. The Labute approximate surface area is 181 Å². The number of carbonyl (C=O) groups excluding carboxylic acids is 2. The largest absolute Gasteiger partial charge is 0.326 e. The second-order valence-corrected chi connectivity index (χ2v) is 8.84. The minimum Gasteiger partial charge on any atom is -0.326 e. The third kappa shape index (κ3) is 5.70. The predicted molar refractivity (Wildman–Crippen MR) is 122 cm³/mol. The molecule has 0 aliphatic carbocycles. The molecule has 160 valence electrons. The lowest BCUT2D eigenvalue weighted by atomic mass is 10.1. The molecule has 0 atom stereocenters. The number of sulfonamides is 1. The summed E-state index contributed by atoms with van der Waals surface area (Å²) in [6.07, 6.45) is 0. The third-order valence-electron chi connectivity index (χ3n) is 4.53. The van der Waals surface area contributed by atoms with Crippen LogP contribution in [-0.4, -0.2) is 20.2 Å². The van der Waals surface area contributed by atoms with Crippen LogP contribution < -0.4 is 15.4 Å². The monoisotopic (exact) mass is 437 g/mol. The third-order valence-corrected chi connectivity index (χ3v) is 5.91. The normalized spacial score (nSPS) is 10.9. The fourth-order valence-electron chi connectivity index (χ4n) is 2.88. The number of hydrogen-bond acceptors (Lipinski definition) is 4. The average molecular weight is 438 g/mol. The van der Waals surface area contributed by atoms with Crippen molar-refractivity contribution in [3.8, 4) is 0 Å². The van der Waals surface area contributed by atoms with E-state index in [9.17, 15) is 18.0 Å². The Bertz CT molecular complexity index is 1220. The maximum absolute atomic E-state index is 12.6. The van der Waals surface area contributed by atoms with Crippen LogP contribution in [0.4, 0.5) is 17.1 Å². The zero-order chi connectivity index (χ0) is 22.6. The standard InChI is InChI=1S/C23H23N3O4S/c1-15-4-11-21(12-5-15)31(29,30)26-22-13-6-18(14-16(22)2)23(28)25-20-9-7-19(8-10-20)24-17(3)27/h4-14,26H,1-3H3,(H,24,27)(H,25,28). The molecule has 8 heteroatoms. The molecule has 3 N–H and O–H groups in total. The summed E-state index contributed by atoms with van der Waals surface area (Å²) < 4.78 is 27.8. The van der Waals surface area contributed by atoms with Gasteiger partial charge in [0.15, 0.2) is 0 Å². The lowest BCUT2D eigenvalue weighted by molar-refractivity contribution is -0.114. The SMILES string of the molecule is CC(=O)Nc1ccc(NC(=O)c2ccc(NS(=O)(=O)c3ccc(C)cc3)c(C)c2)cc1. The second kappa shape index (κ2) is 9.01. The van der Waals surface area contributed by atoms with Gasteiger partial charge in [-0.3, -0.25) is 14.3 Å². The molecule has 31 heavy (non-hydrogen) atoms. The molecule has 3 aromatic carbocycles. The number of rotatable bonds is 6. The second-order valence-electron chi connectivity index (χ2n) is 7.16. The van der Waals surface area contributed by atoms with E-state index < -0.39 is 10.0 Å². The van der Waals surface area contributed by atoms with Crippen LogP contribution in [0.1, 0.15) is 28.4 Å². The van der Waals surface area contributed by atoms with Crippen molar-refractivity contribution in [1.82, 2.24) is 0 Å². The molecule has 0 aliphatic rings. The summed E-state index contributed by atoms with van der Waals surface area (Å²) in [6, 6.07) is 18.0. The van der Waals surface area contributed by atoms with Crippen LogP contribution in [0.5, 0.6) is 0 Å². The molecule has 0 bridgehead atoms.